The van der Waals surface area contributed by atoms with Crippen molar-refractivity contribution in [3.05, 3.63) is 64.9 Å². The van der Waals surface area contributed by atoms with Gasteiger partial charge in [-0.15, -0.1) is 0 Å². The highest BCUT2D eigenvalue weighted by Crippen LogP contribution is 2.15. The Morgan fingerprint density at radius 2 is 1.79 bits per heavy atom. The highest BCUT2D eigenvalue weighted by atomic mass is 35.5. The maximum absolute atomic E-state index is 12.3. The van der Waals surface area contributed by atoms with Gasteiger partial charge in [-0.25, -0.2) is 0 Å². The Bertz CT molecular complexity index is 711. The number of nitrogens with zero attached hydrogens (tertiary/aromatic N) is 2. The van der Waals surface area contributed by atoms with Crippen LogP contribution in [0.1, 0.15) is 33.7 Å². The lowest BCUT2D eigenvalue weighted by Crippen LogP contribution is -2.46. The van der Waals surface area contributed by atoms with Gasteiger partial charge < -0.3 is 10.2 Å². The molecule has 5 nitrogen and oxygen atoms in total. The molecule has 1 fully saturated rings. The van der Waals surface area contributed by atoms with Crippen molar-refractivity contribution in [1.82, 2.24) is 15.2 Å². The predicted octanol–water partition coefficient (Wildman–Crippen LogP) is 2.77. The van der Waals surface area contributed by atoms with Crippen LogP contribution in [0.25, 0.3) is 0 Å². The molecular weight excluding hydrogens is 326 g/mol. The van der Waals surface area contributed by atoms with E-state index in [0.717, 1.165) is 12.8 Å². The number of pyridine rings is 1. The monoisotopic (exact) mass is 343 g/mol. The van der Waals surface area contributed by atoms with Gasteiger partial charge in [0.25, 0.3) is 11.8 Å². The topological polar surface area (TPSA) is 62.3 Å². The van der Waals surface area contributed by atoms with Gasteiger partial charge in [-0.3, -0.25) is 14.6 Å². The van der Waals surface area contributed by atoms with Crippen molar-refractivity contribution in [2.24, 2.45) is 0 Å². The van der Waals surface area contributed by atoms with Gasteiger partial charge in [0.2, 0.25) is 0 Å². The normalized spacial score (nSPS) is 15.1. The summed E-state index contributed by atoms with van der Waals surface area (Å²) >= 11 is 5.83. The molecule has 2 aromatic rings. The first-order valence-corrected chi connectivity index (χ1v) is 8.28. The van der Waals surface area contributed by atoms with E-state index in [0.29, 0.717) is 29.4 Å². The van der Waals surface area contributed by atoms with Crippen LogP contribution in [-0.2, 0) is 0 Å². The molecule has 1 aromatic heterocycles. The first-order valence-electron chi connectivity index (χ1n) is 7.90. The molecular formula is C18H18ClN3O2. The first kappa shape index (κ1) is 16.5. The second kappa shape index (κ2) is 7.45. The average Bonchev–Trinajstić information content (AvgIpc) is 2.63. The Hall–Kier alpha value is -2.40. The number of carbonyl (C=O) groups is 2. The molecule has 1 aliphatic heterocycles. The molecule has 1 saturated heterocycles. The number of aromatic nitrogens is 1. The number of carbonyl (C=O) groups excluding carboxylic acids is 2. The smallest absolute Gasteiger partial charge is 0.272 e. The van der Waals surface area contributed by atoms with E-state index in [1.165, 1.54) is 0 Å². The summed E-state index contributed by atoms with van der Waals surface area (Å²) in [5, 5.41) is 3.62. The number of likely N-dealkylation sites (tertiary alicyclic amines) is 1. The molecule has 124 valence electrons. The summed E-state index contributed by atoms with van der Waals surface area (Å²) in [6.45, 7) is 1.22. The quantitative estimate of drug-likeness (QED) is 0.932. The Kier molecular flexibility index (Phi) is 5.11. The number of halogens is 1. The molecule has 0 bridgehead atoms. The van der Waals surface area contributed by atoms with E-state index in [2.05, 4.69) is 10.3 Å². The maximum Gasteiger partial charge on any atom is 0.272 e. The highest BCUT2D eigenvalue weighted by molar-refractivity contribution is 6.30. The number of rotatable bonds is 3. The molecule has 0 aliphatic carbocycles. The third kappa shape index (κ3) is 3.92. The largest absolute Gasteiger partial charge is 0.349 e. The predicted molar refractivity (Wildman–Crippen MR) is 92.1 cm³/mol. The van der Waals surface area contributed by atoms with Gasteiger partial charge in [-0.05, 0) is 49.2 Å². The van der Waals surface area contributed by atoms with Crippen molar-refractivity contribution in [3.8, 4) is 0 Å². The van der Waals surface area contributed by atoms with Crippen molar-refractivity contribution in [2.45, 2.75) is 18.9 Å². The fourth-order valence-electron chi connectivity index (χ4n) is 2.75. The lowest BCUT2D eigenvalue weighted by Gasteiger charge is -2.32. The van der Waals surface area contributed by atoms with Crippen LogP contribution in [-0.4, -0.2) is 40.8 Å². The number of hydrogen-bond acceptors (Lipinski definition) is 3. The number of benzene rings is 1. The minimum atomic E-state index is -0.110. The van der Waals surface area contributed by atoms with Crippen LogP contribution in [0.5, 0.6) is 0 Å². The van der Waals surface area contributed by atoms with E-state index in [9.17, 15) is 9.59 Å². The van der Waals surface area contributed by atoms with Crippen molar-refractivity contribution in [1.29, 1.82) is 0 Å². The van der Waals surface area contributed by atoms with Gasteiger partial charge in [-0.2, -0.15) is 0 Å². The summed E-state index contributed by atoms with van der Waals surface area (Å²) in [4.78, 5) is 30.4. The Morgan fingerprint density at radius 1 is 1.08 bits per heavy atom. The van der Waals surface area contributed by atoms with Gasteiger partial charge >= 0.3 is 0 Å². The van der Waals surface area contributed by atoms with Crippen LogP contribution in [0.4, 0.5) is 0 Å². The number of amides is 2. The van der Waals surface area contributed by atoms with Gasteiger partial charge in [0.05, 0.1) is 0 Å². The molecule has 2 heterocycles. The molecule has 2 amide bonds. The summed E-state index contributed by atoms with van der Waals surface area (Å²) in [5.74, 6) is -0.167. The van der Waals surface area contributed by atoms with E-state index in [-0.39, 0.29) is 17.9 Å². The second-order valence-electron chi connectivity index (χ2n) is 5.76. The number of nitrogens with one attached hydrogen (secondary N) is 1. The van der Waals surface area contributed by atoms with Crippen molar-refractivity contribution < 1.29 is 9.59 Å². The van der Waals surface area contributed by atoms with Crippen molar-refractivity contribution >= 4 is 23.4 Å². The van der Waals surface area contributed by atoms with Gasteiger partial charge in [0.1, 0.15) is 5.69 Å². The summed E-state index contributed by atoms with van der Waals surface area (Å²) in [6.07, 6.45) is 3.09. The Balaban J connectivity index is 1.53. The summed E-state index contributed by atoms with van der Waals surface area (Å²) in [5.41, 5.74) is 1.05. The van der Waals surface area contributed by atoms with E-state index in [1.54, 1.807) is 53.6 Å². The average molecular weight is 344 g/mol. The first-order chi connectivity index (χ1) is 11.6. The number of hydrogen-bond donors (Lipinski definition) is 1. The van der Waals surface area contributed by atoms with E-state index >= 15 is 0 Å². The van der Waals surface area contributed by atoms with Crippen LogP contribution in [0.15, 0.2) is 48.7 Å². The number of piperidine rings is 1. The third-order valence-corrected chi connectivity index (χ3v) is 4.36. The minimum absolute atomic E-state index is 0.0573. The van der Waals surface area contributed by atoms with Gasteiger partial charge in [-0.1, -0.05) is 17.7 Å². The molecule has 0 spiro atoms. The molecule has 1 aliphatic rings. The van der Waals surface area contributed by atoms with Crippen molar-refractivity contribution in [3.63, 3.8) is 0 Å². The Morgan fingerprint density at radius 3 is 2.42 bits per heavy atom. The van der Waals surface area contributed by atoms with E-state index in [1.807, 2.05) is 0 Å². The SMILES string of the molecule is O=C(NC1CCN(C(=O)c2ccccn2)CC1)c1ccc(Cl)cc1. The molecule has 6 heteroatoms. The lowest BCUT2D eigenvalue weighted by molar-refractivity contribution is 0.0692. The molecule has 1 N–H and O–H groups in total. The van der Waals surface area contributed by atoms with Crippen LogP contribution < -0.4 is 5.32 Å². The summed E-state index contributed by atoms with van der Waals surface area (Å²) in [6, 6.07) is 12.2. The molecule has 0 unspecified atom stereocenters. The third-order valence-electron chi connectivity index (χ3n) is 4.11. The van der Waals surface area contributed by atoms with Crippen molar-refractivity contribution in [2.75, 3.05) is 13.1 Å². The highest BCUT2D eigenvalue weighted by Gasteiger charge is 2.25. The summed E-state index contributed by atoms with van der Waals surface area (Å²) in [7, 11) is 0. The molecule has 0 atom stereocenters. The summed E-state index contributed by atoms with van der Waals surface area (Å²) < 4.78 is 0. The zero-order chi connectivity index (χ0) is 16.9. The molecule has 0 saturated carbocycles. The molecule has 3 rings (SSSR count). The van der Waals surface area contributed by atoms with E-state index < -0.39 is 0 Å². The fourth-order valence-corrected chi connectivity index (χ4v) is 2.87. The van der Waals surface area contributed by atoms with Crippen LogP contribution in [0.2, 0.25) is 5.02 Å². The second-order valence-corrected chi connectivity index (χ2v) is 6.20. The molecule has 1 aromatic carbocycles. The van der Waals surface area contributed by atoms with Crippen LogP contribution in [0, 0.1) is 0 Å². The molecule has 0 radical (unpaired) electrons. The lowest BCUT2D eigenvalue weighted by atomic mass is 10.0. The van der Waals surface area contributed by atoms with Crippen LogP contribution in [0.3, 0.4) is 0 Å². The van der Waals surface area contributed by atoms with Crippen LogP contribution >= 0.6 is 11.6 Å². The Labute approximate surface area is 145 Å². The minimum Gasteiger partial charge on any atom is -0.349 e. The zero-order valence-electron chi connectivity index (χ0n) is 13.1. The maximum atomic E-state index is 12.3. The molecule has 24 heavy (non-hydrogen) atoms. The van der Waals surface area contributed by atoms with E-state index in [4.69, 9.17) is 11.6 Å². The standard InChI is InChI=1S/C18H18ClN3O2/c19-14-6-4-13(5-7-14)17(23)21-15-8-11-22(12-9-15)18(24)16-3-1-2-10-20-16/h1-7,10,15H,8-9,11-12H2,(H,21,23). The fraction of sp³-hybridized carbons (Fsp3) is 0.278. The zero-order valence-corrected chi connectivity index (χ0v) is 13.9. The van der Waals surface area contributed by atoms with Gasteiger partial charge in [0, 0.05) is 35.9 Å². The van der Waals surface area contributed by atoms with Gasteiger partial charge in [0.15, 0.2) is 0 Å².